The van der Waals surface area contributed by atoms with Gasteiger partial charge in [0.2, 0.25) is 10.0 Å². The van der Waals surface area contributed by atoms with Crippen LogP contribution in [0, 0.1) is 0 Å². The minimum atomic E-state index is -3.63. The highest BCUT2D eigenvalue weighted by Crippen LogP contribution is 2.18. The molecule has 28 heavy (non-hydrogen) atoms. The molecule has 0 radical (unpaired) electrons. The van der Waals surface area contributed by atoms with Gasteiger partial charge < -0.3 is 4.74 Å². The Balaban J connectivity index is 1.90. The highest BCUT2D eigenvalue weighted by molar-refractivity contribution is 7.93. The van der Waals surface area contributed by atoms with Crippen molar-refractivity contribution in [2.24, 2.45) is 0 Å². The van der Waals surface area contributed by atoms with Crippen molar-refractivity contribution in [1.82, 2.24) is 4.98 Å². The van der Waals surface area contributed by atoms with Gasteiger partial charge in [-0.3, -0.25) is 9.52 Å². The van der Waals surface area contributed by atoms with E-state index in [9.17, 15) is 21.6 Å². The summed E-state index contributed by atoms with van der Waals surface area (Å²) < 4.78 is 54.3. The fourth-order valence-electron chi connectivity index (χ4n) is 2.08. The normalized spacial score (nSPS) is 12.2. The third kappa shape index (κ3) is 7.41. The van der Waals surface area contributed by atoms with Crippen LogP contribution in [0.2, 0.25) is 0 Å². The molecule has 0 atom stereocenters. The number of hydrogen-bond donors (Lipinski definition) is 1. The van der Waals surface area contributed by atoms with Gasteiger partial charge in [-0.25, -0.2) is 21.8 Å². The number of hydrogen-bond acceptors (Lipinski definition) is 8. The van der Waals surface area contributed by atoms with Crippen molar-refractivity contribution in [3.63, 3.8) is 0 Å². The lowest BCUT2D eigenvalue weighted by Crippen LogP contribution is -2.15. The van der Waals surface area contributed by atoms with Crippen LogP contribution in [0.5, 0.6) is 0 Å². The van der Waals surface area contributed by atoms with Crippen molar-refractivity contribution < 1.29 is 26.4 Å². The number of aromatic nitrogens is 1. The zero-order chi connectivity index (χ0) is 20.8. The summed E-state index contributed by atoms with van der Waals surface area (Å²) in [6.07, 6.45) is 4.59. The quantitative estimate of drug-likeness (QED) is 0.588. The number of thiazole rings is 1. The van der Waals surface area contributed by atoms with Gasteiger partial charge in [-0.1, -0.05) is 24.3 Å². The molecule has 0 fully saturated rings. The summed E-state index contributed by atoms with van der Waals surface area (Å²) in [5.41, 5.74) is 1.31. The molecule has 0 aliphatic rings. The molecule has 1 N–H and O–H groups in total. The molecule has 0 saturated heterocycles. The van der Waals surface area contributed by atoms with Crippen LogP contribution in [-0.4, -0.2) is 46.4 Å². The van der Waals surface area contributed by atoms with Crippen molar-refractivity contribution in [2.75, 3.05) is 23.3 Å². The van der Waals surface area contributed by atoms with E-state index in [2.05, 4.69) is 9.71 Å². The van der Waals surface area contributed by atoms with E-state index >= 15 is 0 Å². The number of nitrogens with one attached hydrogen (secondary N) is 1. The standard InChI is InChI=1S/C17H20N2O6S3/c1-13(20)25-10-9-15-12-26-17(18-15)19-28(23,24)11-3-4-14-5-7-16(8-6-14)27(2,21)22/h3-8,12H,9-11H2,1-2H3,(H,18,19). The number of carbonyl (C=O) groups is 1. The van der Waals surface area contributed by atoms with E-state index in [4.69, 9.17) is 4.74 Å². The van der Waals surface area contributed by atoms with Crippen LogP contribution < -0.4 is 4.72 Å². The number of esters is 1. The van der Waals surface area contributed by atoms with Crippen LogP contribution in [0.1, 0.15) is 18.2 Å². The predicted octanol–water partition coefficient (Wildman–Crippen LogP) is 2.11. The molecule has 1 aromatic heterocycles. The smallest absolute Gasteiger partial charge is 0.302 e. The molecule has 152 valence electrons. The molecule has 8 nitrogen and oxygen atoms in total. The summed E-state index contributed by atoms with van der Waals surface area (Å²) in [5, 5.41) is 1.93. The SMILES string of the molecule is CC(=O)OCCc1csc(NS(=O)(=O)CC=Cc2ccc(S(C)(=O)=O)cc2)n1. The summed E-state index contributed by atoms with van der Waals surface area (Å²) in [4.78, 5) is 15.1. The highest BCUT2D eigenvalue weighted by Gasteiger charge is 2.12. The van der Waals surface area contributed by atoms with E-state index in [0.717, 1.165) is 17.6 Å². The summed E-state index contributed by atoms with van der Waals surface area (Å²) in [7, 11) is -6.89. The van der Waals surface area contributed by atoms with Gasteiger partial charge in [0.15, 0.2) is 15.0 Å². The Morgan fingerprint density at radius 2 is 1.89 bits per heavy atom. The minimum absolute atomic E-state index is 0.187. The Bertz CT molecular complexity index is 1050. The molecule has 11 heteroatoms. The number of carbonyl (C=O) groups excluding carboxylic acids is 1. The topological polar surface area (TPSA) is 119 Å². The second-order valence-electron chi connectivity index (χ2n) is 5.86. The van der Waals surface area contributed by atoms with Gasteiger partial charge in [0.05, 0.1) is 22.9 Å². The first kappa shape index (κ1) is 22.1. The maximum atomic E-state index is 12.1. The van der Waals surface area contributed by atoms with E-state index in [1.54, 1.807) is 23.6 Å². The fourth-order valence-corrected chi connectivity index (χ4v) is 4.62. The van der Waals surface area contributed by atoms with Crippen LogP contribution in [-0.2, 0) is 35.8 Å². The van der Waals surface area contributed by atoms with Crippen LogP contribution in [0.25, 0.3) is 6.08 Å². The molecular formula is C17H20N2O6S3. The number of benzene rings is 1. The van der Waals surface area contributed by atoms with Crippen LogP contribution in [0.3, 0.4) is 0 Å². The van der Waals surface area contributed by atoms with Crippen molar-refractivity contribution >= 4 is 48.4 Å². The van der Waals surface area contributed by atoms with Crippen molar-refractivity contribution in [2.45, 2.75) is 18.2 Å². The maximum absolute atomic E-state index is 12.1. The minimum Gasteiger partial charge on any atom is -0.465 e. The average molecular weight is 445 g/mol. The van der Waals surface area contributed by atoms with Crippen LogP contribution in [0.4, 0.5) is 5.13 Å². The third-order valence-corrected chi connectivity index (χ3v) is 6.59. The molecule has 0 bridgehead atoms. The lowest BCUT2D eigenvalue weighted by atomic mass is 10.2. The Kier molecular flexibility index (Phi) is 7.33. The first-order valence-electron chi connectivity index (χ1n) is 8.10. The van der Waals surface area contributed by atoms with E-state index in [0.29, 0.717) is 17.7 Å². The van der Waals surface area contributed by atoms with E-state index in [1.807, 2.05) is 0 Å². The second kappa shape index (κ2) is 9.30. The number of sulfonamides is 1. The largest absolute Gasteiger partial charge is 0.465 e. The van der Waals surface area contributed by atoms with Gasteiger partial charge in [-0.2, -0.15) is 0 Å². The Hall–Kier alpha value is -2.24. The molecular weight excluding hydrogens is 424 g/mol. The lowest BCUT2D eigenvalue weighted by Gasteiger charge is -2.02. The summed E-state index contributed by atoms with van der Waals surface area (Å²) in [5.74, 6) is -0.641. The molecule has 0 unspecified atom stereocenters. The third-order valence-electron chi connectivity index (χ3n) is 3.39. The Morgan fingerprint density at radius 3 is 2.50 bits per heavy atom. The Labute approximate surface area is 168 Å². The zero-order valence-electron chi connectivity index (χ0n) is 15.3. The van der Waals surface area contributed by atoms with Crippen LogP contribution >= 0.6 is 11.3 Å². The molecule has 2 rings (SSSR count). The van der Waals surface area contributed by atoms with E-state index in [1.165, 1.54) is 25.1 Å². The van der Waals surface area contributed by atoms with Crippen molar-refractivity contribution in [3.05, 3.63) is 47.0 Å². The molecule has 0 aliphatic heterocycles. The first-order chi connectivity index (χ1) is 13.0. The van der Waals surface area contributed by atoms with Crippen LogP contribution in [0.15, 0.2) is 40.6 Å². The molecule has 0 aliphatic carbocycles. The number of ether oxygens (including phenoxy) is 1. The van der Waals surface area contributed by atoms with Gasteiger partial charge in [0.25, 0.3) is 0 Å². The van der Waals surface area contributed by atoms with Crippen molar-refractivity contribution in [1.29, 1.82) is 0 Å². The number of anilines is 1. The van der Waals surface area contributed by atoms with E-state index < -0.39 is 19.9 Å². The summed E-state index contributed by atoms with van der Waals surface area (Å²) >= 11 is 1.15. The molecule has 0 amide bonds. The van der Waals surface area contributed by atoms with Gasteiger partial charge in [0, 0.05) is 25.0 Å². The molecule has 1 heterocycles. The highest BCUT2D eigenvalue weighted by atomic mass is 32.2. The van der Waals surface area contributed by atoms with Gasteiger partial charge in [-0.15, -0.1) is 11.3 Å². The zero-order valence-corrected chi connectivity index (χ0v) is 17.7. The van der Waals surface area contributed by atoms with Gasteiger partial charge >= 0.3 is 5.97 Å². The van der Waals surface area contributed by atoms with Crippen molar-refractivity contribution in [3.8, 4) is 0 Å². The fraction of sp³-hybridized carbons (Fsp3) is 0.294. The molecule has 0 spiro atoms. The molecule has 0 saturated carbocycles. The predicted molar refractivity (Wildman–Crippen MR) is 108 cm³/mol. The lowest BCUT2D eigenvalue weighted by molar-refractivity contribution is -0.140. The van der Waals surface area contributed by atoms with E-state index in [-0.39, 0.29) is 28.4 Å². The first-order valence-corrected chi connectivity index (χ1v) is 12.5. The monoisotopic (exact) mass is 444 g/mol. The number of sulfone groups is 1. The second-order valence-corrected chi connectivity index (χ2v) is 10.5. The summed E-state index contributed by atoms with van der Waals surface area (Å²) in [6.45, 7) is 1.50. The Morgan fingerprint density at radius 1 is 1.21 bits per heavy atom. The molecule has 1 aromatic carbocycles. The van der Waals surface area contributed by atoms with Gasteiger partial charge in [0.1, 0.15) is 0 Å². The average Bonchev–Trinajstić information content (AvgIpc) is 3.00. The van der Waals surface area contributed by atoms with Gasteiger partial charge in [-0.05, 0) is 17.7 Å². The number of rotatable bonds is 9. The summed E-state index contributed by atoms with van der Waals surface area (Å²) in [6, 6.07) is 6.13. The molecule has 2 aromatic rings. The number of nitrogens with zero attached hydrogens (tertiary/aromatic N) is 1. The maximum Gasteiger partial charge on any atom is 0.302 e.